The number of rotatable bonds is 1. The lowest BCUT2D eigenvalue weighted by Gasteiger charge is -2.10. The fourth-order valence-corrected chi connectivity index (χ4v) is 2.80. The molecule has 1 unspecified atom stereocenters. The number of benzene rings is 2. The number of hydrogen-bond acceptors (Lipinski definition) is 1. The second-order valence-corrected chi connectivity index (χ2v) is 5.05. The third kappa shape index (κ3) is 1.82. The Morgan fingerprint density at radius 3 is 2.83 bits per heavy atom. The molecule has 0 aromatic heterocycles. The first kappa shape index (κ1) is 11.7. The molecule has 0 radical (unpaired) electrons. The third-order valence-corrected chi connectivity index (χ3v) is 3.84. The van der Waals surface area contributed by atoms with Gasteiger partial charge in [0.05, 0.1) is 5.02 Å². The van der Waals surface area contributed by atoms with Crippen LogP contribution in [0.4, 0.5) is 4.39 Å². The number of halogens is 2. The van der Waals surface area contributed by atoms with Gasteiger partial charge in [0.1, 0.15) is 5.82 Å². The highest BCUT2D eigenvalue weighted by molar-refractivity contribution is 6.31. The maximum absolute atomic E-state index is 13.2. The fraction of sp³-hybridized carbons (Fsp3) is 0.200. The summed E-state index contributed by atoms with van der Waals surface area (Å²) >= 11 is 5.84. The molecule has 0 bridgehead atoms. The van der Waals surface area contributed by atoms with Crippen LogP contribution in [-0.4, -0.2) is 0 Å². The molecule has 1 nitrogen and oxygen atoms in total. The van der Waals surface area contributed by atoms with Gasteiger partial charge in [-0.15, -0.1) is 0 Å². The molecule has 0 amide bonds. The summed E-state index contributed by atoms with van der Waals surface area (Å²) in [5, 5.41) is 0.160. The summed E-state index contributed by atoms with van der Waals surface area (Å²) in [6.07, 6.45) is 1.95. The van der Waals surface area contributed by atoms with E-state index in [4.69, 9.17) is 17.3 Å². The second kappa shape index (κ2) is 4.38. The quantitative estimate of drug-likeness (QED) is 0.822. The van der Waals surface area contributed by atoms with Crippen molar-refractivity contribution in [3.05, 3.63) is 58.4 Å². The Morgan fingerprint density at radius 1 is 1.22 bits per heavy atom. The number of nitrogens with two attached hydrogens (primary N) is 1. The van der Waals surface area contributed by atoms with Gasteiger partial charge >= 0.3 is 0 Å². The van der Waals surface area contributed by atoms with Crippen molar-refractivity contribution in [2.24, 2.45) is 5.73 Å². The minimum absolute atomic E-state index is 0.121. The molecule has 92 valence electrons. The lowest BCUT2D eigenvalue weighted by atomic mass is 9.96. The van der Waals surface area contributed by atoms with Crippen LogP contribution in [-0.2, 0) is 6.42 Å². The van der Waals surface area contributed by atoms with Crippen LogP contribution in [0.3, 0.4) is 0 Å². The summed E-state index contributed by atoms with van der Waals surface area (Å²) in [7, 11) is 0. The molecule has 1 atom stereocenters. The van der Waals surface area contributed by atoms with Gasteiger partial charge in [-0.05, 0) is 47.2 Å². The zero-order valence-corrected chi connectivity index (χ0v) is 10.5. The van der Waals surface area contributed by atoms with Crippen LogP contribution in [0.2, 0.25) is 5.02 Å². The van der Waals surface area contributed by atoms with Gasteiger partial charge in [0.25, 0.3) is 0 Å². The van der Waals surface area contributed by atoms with E-state index in [0.29, 0.717) is 0 Å². The van der Waals surface area contributed by atoms with Crippen LogP contribution < -0.4 is 5.73 Å². The molecular formula is C15H13ClFN. The van der Waals surface area contributed by atoms with Crippen LogP contribution >= 0.6 is 11.6 Å². The first-order valence-corrected chi connectivity index (χ1v) is 6.37. The number of fused-ring (bicyclic) bond motifs is 1. The highest BCUT2D eigenvalue weighted by Gasteiger charge is 2.21. The molecule has 2 N–H and O–H groups in total. The highest BCUT2D eigenvalue weighted by atomic mass is 35.5. The predicted octanol–water partition coefficient (Wildman–Crippen LogP) is 4.09. The van der Waals surface area contributed by atoms with Crippen LogP contribution in [0.15, 0.2) is 36.4 Å². The SMILES string of the molecule is NC1CCc2c(-c3ccc(F)c(Cl)c3)cccc21. The minimum atomic E-state index is -0.385. The Balaban J connectivity index is 2.15. The van der Waals surface area contributed by atoms with Gasteiger partial charge in [0.15, 0.2) is 0 Å². The molecule has 0 saturated carbocycles. The van der Waals surface area contributed by atoms with Crippen molar-refractivity contribution in [2.45, 2.75) is 18.9 Å². The van der Waals surface area contributed by atoms with E-state index in [1.807, 2.05) is 12.1 Å². The first-order chi connectivity index (χ1) is 8.66. The molecule has 0 aliphatic heterocycles. The van der Waals surface area contributed by atoms with E-state index < -0.39 is 0 Å². The number of hydrogen-bond donors (Lipinski definition) is 1. The van der Waals surface area contributed by atoms with E-state index in [1.54, 1.807) is 12.1 Å². The van der Waals surface area contributed by atoms with E-state index in [1.165, 1.54) is 17.2 Å². The topological polar surface area (TPSA) is 26.0 Å². The van der Waals surface area contributed by atoms with E-state index in [-0.39, 0.29) is 16.9 Å². The van der Waals surface area contributed by atoms with Gasteiger partial charge in [-0.2, -0.15) is 0 Å². The largest absolute Gasteiger partial charge is 0.324 e. The van der Waals surface area contributed by atoms with Crippen molar-refractivity contribution in [2.75, 3.05) is 0 Å². The summed E-state index contributed by atoms with van der Waals surface area (Å²) in [6, 6.07) is 11.1. The zero-order valence-electron chi connectivity index (χ0n) is 9.79. The van der Waals surface area contributed by atoms with Crippen molar-refractivity contribution in [1.29, 1.82) is 0 Å². The Kier molecular flexibility index (Phi) is 2.84. The first-order valence-electron chi connectivity index (χ1n) is 5.99. The maximum atomic E-state index is 13.2. The van der Waals surface area contributed by atoms with Gasteiger partial charge in [-0.1, -0.05) is 35.9 Å². The van der Waals surface area contributed by atoms with Crippen LogP contribution in [0.5, 0.6) is 0 Å². The van der Waals surface area contributed by atoms with Crippen molar-refractivity contribution >= 4 is 11.6 Å². The molecule has 0 heterocycles. The Hall–Kier alpha value is -1.38. The smallest absolute Gasteiger partial charge is 0.141 e. The highest BCUT2D eigenvalue weighted by Crippen LogP contribution is 2.37. The predicted molar refractivity (Wildman–Crippen MR) is 72.1 cm³/mol. The monoisotopic (exact) mass is 261 g/mol. The van der Waals surface area contributed by atoms with Gasteiger partial charge in [0.2, 0.25) is 0 Å². The molecule has 3 rings (SSSR count). The van der Waals surface area contributed by atoms with Crippen molar-refractivity contribution in [1.82, 2.24) is 0 Å². The van der Waals surface area contributed by atoms with Crippen LogP contribution in [0, 0.1) is 5.82 Å². The van der Waals surface area contributed by atoms with Gasteiger partial charge in [-0.25, -0.2) is 4.39 Å². The molecule has 1 aliphatic rings. The zero-order chi connectivity index (χ0) is 12.7. The minimum Gasteiger partial charge on any atom is -0.324 e. The molecule has 0 spiro atoms. The normalized spacial score (nSPS) is 17.8. The molecular weight excluding hydrogens is 249 g/mol. The average Bonchev–Trinajstić information content (AvgIpc) is 2.75. The molecule has 2 aromatic rings. The Labute approximate surface area is 110 Å². The summed E-state index contributed by atoms with van der Waals surface area (Å²) in [6.45, 7) is 0. The molecule has 18 heavy (non-hydrogen) atoms. The summed E-state index contributed by atoms with van der Waals surface area (Å²) in [4.78, 5) is 0. The van der Waals surface area contributed by atoms with Gasteiger partial charge < -0.3 is 5.73 Å². The standard InChI is InChI=1S/C15H13ClFN/c16-13-8-9(4-6-14(13)17)10-2-1-3-12-11(10)5-7-15(12)18/h1-4,6,8,15H,5,7,18H2. The summed E-state index contributed by atoms with van der Waals surface area (Å²) in [5.41, 5.74) is 10.6. The second-order valence-electron chi connectivity index (χ2n) is 4.65. The lowest BCUT2D eigenvalue weighted by molar-refractivity contribution is 0.628. The molecule has 0 saturated heterocycles. The fourth-order valence-electron chi connectivity index (χ4n) is 2.62. The van der Waals surface area contributed by atoms with Crippen LogP contribution in [0.1, 0.15) is 23.6 Å². The van der Waals surface area contributed by atoms with Gasteiger partial charge in [0, 0.05) is 6.04 Å². The van der Waals surface area contributed by atoms with Crippen molar-refractivity contribution < 1.29 is 4.39 Å². The van der Waals surface area contributed by atoms with E-state index in [0.717, 1.165) is 24.0 Å². The van der Waals surface area contributed by atoms with Crippen molar-refractivity contribution in [3.8, 4) is 11.1 Å². The van der Waals surface area contributed by atoms with E-state index in [9.17, 15) is 4.39 Å². The van der Waals surface area contributed by atoms with Crippen molar-refractivity contribution in [3.63, 3.8) is 0 Å². The molecule has 2 aromatic carbocycles. The van der Waals surface area contributed by atoms with E-state index >= 15 is 0 Å². The van der Waals surface area contributed by atoms with E-state index in [2.05, 4.69) is 6.07 Å². The Morgan fingerprint density at radius 2 is 2.06 bits per heavy atom. The lowest BCUT2D eigenvalue weighted by Crippen LogP contribution is -2.04. The molecule has 1 aliphatic carbocycles. The summed E-state index contributed by atoms with van der Waals surface area (Å²) in [5.74, 6) is -0.385. The van der Waals surface area contributed by atoms with Crippen LogP contribution in [0.25, 0.3) is 11.1 Å². The maximum Gasteiger partial charge on any atom is 0.141 e. The van der Waals surface area contributed by atoms with Gasteiger partial charge in [-0.3, -0.25) is 0 Å². The molecule has 3 heteroatoms. The Bertz CT molecular complexity index is 609. The average molecular weight is 262 g/mol. The third-order valence-electron chi connectivity index (χ3n) is 3.55. The summed E-state index contributed by atoms with van der Waals surface area (Å²) < 4.78 is 13.2. The molecule has 0 fully saturated rings.